The minimum Gasteiger partial charge on any atom is -0.324 e. The summed E-state index contributed by atoms with van der Waals surface area (Å²) >= 11 is 7.64. The van der Waals surface area contributed by atoms with Gasteiger partial charge in [-0.3, -0.25) is 9.69 Å². The van der Waals surface area contributed by atoms with Crippen molar-refractivity contribution in [3.8, 4) is 0 Å². The molecule has 1 amide bonds. The van der Waals surface area contributed by atoms with Crippen LogP contribution in [-0.2, 0) is 4.79 Å². The first-order valence-corrected chi connectivity index (χ1v) is 9.25. The van der Waals surface area contributed by atoms with E-state index in [1.165, 1.54) is 4.90 Å². The second-order valence-corrected chi connectivity index (χ2v) is 7.46. The Morgan fingerprint density at radius 1 is 1.12 bits per heavy atom. The number of rotatable bonds is 7. The van der Waals surface area contributed by atoms with Gasteiger partial charge in [-0.15, -0.1) is 11.8 Å². The maximum Gasteiger partial charge on any atom is 0.238 e. The number of nitrogens with zero attached hydrogens (tertiary/aromatic N) is 1. The summed E-state index contributed by atoms with van der Waals surface area (Å²) in [4.78, 5) is 15.4. The Balaban J connectivity index is 1.76. The predicted octanol–water partition coefficient (Wildman–Crippen LogP) is 4.62. The number of halogens is 1. The first-order chi connectivity index (χ1) is 11.5. The van der Waals surface area contributed by atoms with E-state index in [4.69, 9.17) is 11.6 Å². The van der Waals surface area contributed by atoms with Crippen molar-refractivity contribution in [2.24, 2.45) is 0 Å². The summed E-state index contributed by atoms with van der Waals surface area (Å²) in [5.74, 6) is 0.945. The second kappa shape index (κ2) is 9.11. The van der Waals surface area contributed by atoms with Crippen molar-refractivity contribution in [2.75, 3.05) is 31.2 Å². The van der Waals surface area contributed by atoms with E-state index in [0.717, 1.165) is 34.1 Å². The van der Waals surface area contributed by atoms with Crippen LogP contribution in [0.25, 0.3) is 0 Å². The molecule has 0 saturated carbocycles. The van der Waals surface area contributed by atoms with Gasteiger partial charge < -0.3 is 5.32 Å². The topological polar surface area (TPSA) is 32.3 Å². The van der Waals surface area contributed by atoms with Gasteiger partial charge in [0.2, 0.25) is 5.91 Å². The Hall–Kier alpha value is -1.49. The molecule has 0 aliphatic heterocycles. The summed E-state index contributed by atoms with van der Waals surface area (Å²) in [6.45, 7) is 5.24. The van der Waals surface area contributed by atoms with Gasteiger partial charge >= 0.3 is 0 Å². The largest absolute Gasteiger partial charge is 0.324 e. The van der Waals surface area contributed by atoms with E-state index < -0.39 is 0 Å². The molecule has 5 heteroatoms. The van der Waals surface area contributed by atoms with Gasteiger partial charge in [-0.2, -0.15) is 0 Å². The number of benzene rings is 2. The fraction of sp³-hybridized carbons (Fsp3) is 0.316. The minimum absolute atomic E-state index is 0.0198. The number of amides is 1. The van der Waals surface area contributed by atoms with Crippen LogP contribution in [-0.4, -0.2) is 36.7 Å². The lowest BCUT2D eigenvalue weighted by Gasteiger charge is -2.17. The highest BCUT2D eigenvalue weighted by atomic mass is 35.5. The predicted molar refractivity (Wildman–Crippen MR) is 104 cm³/mol. The molecule has 0 spiro atoms. The average molecular weight is 363 g/mol. The summed E-state index contributed by atoms with van der Waals surface area (Å²) in [6.07, 6.45) is 0. The third-order valence-corrected chi connectivity index (χ3v) is 4.96. The zero-order chi connectivity index (χ0) is 17.5. The summed E-state index contributed by atoms with van der Waals surface area (Å²) < 4.78 is 0. The molecule has 0 fully saturated rings. The summed E-state index contributed by atoms with van der Waals surface area (Å²) in [6, 6.07) is 13.8. The first kappa shape index (κ1) is 18.8. The van der Waals surface area contributed by atoms with E-state index >= 15 is 0 Å². The monoisotopic (exact) mass is 362 g/mol. The Bertz CT molecular complexity index is 668. The van der Waals surface area contributed by atoms with Crippen LogP contribution in [0.3, 0.4) is 0 Å². The third kappa shape index (κ3) is 5.86. The Morgan fingerprint density at radius 2 is 1.75 bits per heavy atom. The summed E-state index contributed by atoms with van der Waals surface area (Å²) in [5, 5.41) is 3.77. The van der Waals surface area contributed by atoms with Gasteiger partial charge in [-0.25, -0.2) is 0 Å². The van der Waals surface area contributed by atoms with Gasteiger partial charge in [0, 0.05) is 27.9 Å². The quantitative estimate of drug-likeness (QED) is 0.729. The SMILES string of the molecule is Cc1cccc(C)c1NC(=O)CN(C)CCSc1ccc(Cl)cc1. The summed E-state index contributed by atoms with van der Waals surface area (Å²) in [7, 11) is 1.96. The van der Waals surface area contributed by atoms with Crippen molar-refractivity contribution < 1.29 is 4.79 Å². The van der Waals surface area contributed by atoms with Crippen molar-refractivity contribution >= 4 is 35.0 Å². The number of nitrogens with one attached hydrogen (secondary N) is 1. The van der Waals surface area contributed by atoms with Gasteiger partial charge in [0.25, 0.3) is 0 Å². The summed E-state index contributed by atoms with van der Waals surface area (Å²) in [5.41, 5.74) is 3.10. The van der Waals surface area contributed by atoms with E-state index in [-0.39, 0.29) is 5.91 Å². The van der Waals surface area contributed by atoms with Crippen molar-refractivity contribution in [2.45, 2.75) is 18.7 Å². The van der Waals surface area contributed by atoms with Crippen LogP contribution in [0.15, 0.2) is 47.4 Å². The fourth-order valence-electron chi connectivity index (χ4n) is 2.36. The molecule has 0 aliphatic carbocycles. The van der Waals surface area contributed by atoms with Gasteiger partial charge in [-0.05, 0) is 56.3 Å². The van der Waals surface area contributed by atoms with Crippen molar-refractivity contribution in [1.82, 2.24) is 4.90 Å². The second-order valence-electron chi connectivity index (χ2n) is 5.86. The number of likely N-dealkylation sites (N-methyl/N-ethyl adjacent to an activating group) is 1. The van der Waals surface area contributed by atoms with Gasteiger partial charge in [-0.1, -0.05) is 29.8 Å². The van der Waals surface area contributed by atoms with E-state index in [1.807, 2.05) is 68.3 Å². The van der Waals surface area contributed by atoms with Crippen molar-refractivity contribution in [3.63, 3.8) is 0 Å². The van der Waals surface area contributed by atoms with Crippen LogP contribution in [0.1, 0.15) is 11.1 Å². The number of carbonyl (C=O) groups excluding carboxylic acids is 1. The molecule has 2 aromatic carbocycles. The van der Waals surface area contributed by atoms with Crippen LogP contribution in [0.2, 0.25) is 5.02 Å². The first-order valence-electron chi connectivity index (χ1n) is 7.88. The molecule has 0 radical (unpaired) electrons. The fourth-order valence-corrected chi connectivity index (χ4v) is 3.46. The Labute approximate surface area is 153 Å². The standard InChI is InChI=1S/C19H23ClN2OS/c1-14-5-4-6-15(2)19(14)21-18(23)13-22(3)11-12-24-17-9-7-16(20)8-10-17/h4-10H,11-13H2,1-3H3,(H,21,23). The Kier molecular flexibility index (Phi) is 7.16. The van der Waals surface area contributed by atoms with E-state index in [1.54, 1.807) is 11.8 Å². The molecule has 0 atom stereocenters. The lowest BCUT2D eigenvalue weighted by molar-refractivity contribution is -0.117. The maximum absolute atomic E-state index is 12.2. The number of carbonyl (C=O) groups is 1. The average Bonchev–Trinajstić information content (AvgIpc) is 2.53. The van der Waals surface area contributed by atoms with E-state index in [9.17, 15) is 4.79 Å². The van der Waals surface area contributed by atoms with Crippen LogP contribution >= 0.6 is 23.4 Å². The maximum atomic E-state index is 12.2. The van der Waals surface area contributed by atoms with E-state index in [0.29, 0.717) is 6.54 Å². The lowest BCUT2D eigenvalue weighted by Crippen LogP contribution is -2.32. The molecular weight excluding hydrogens is 340 g/mol. The molecule has 24 heavy (non-hydrogen) atoms. The van der Waals surface area contributed by atoms with Crippen molar-refractivity contribution in [3.05, 3.63) is 58.6 Å². The van der Waals surface area contributed by atoms with Gasteiger partial charge in [0.1, 0.15) is 0 Å². The molecule has 0 aromatic heterocycles. The van der Waals surface area contributed by atoms with Crippen LogP contribution < -0.4 is 5.32 Å². The highest BCUT2D eigenvalue weighted by Crippen LogP contribution is 2.21. The minimum atomic E-state index is 0.0198. The lowest BCUT2D eigenvalue weighted by atomic mass is 10.1. The highest BCUT2D eigenvalue weighted by Gasteiger charge is 2.10. The number of hydrogen-bond acceptors (Lipinski definition) is 3. The number of anilines is 1. The number of aryl methyl sites for hydroxylation is 2. The molecule has 0 unspecified atom stereocenters. The van der Waals surface area contributed by atoms with E-state index in [2.05, 4.69) is 5.32 Å². The molecule has 0 aliphatic rings. The third-order valence-electron chi connectivity index (χ3n) is 3.71. The molecule has 2 aromatic rings. The number of thioether (sulfide) groups is 1. The smallest absolute Gasteiger partial charge is 0.238 e. The molecule has 2 rings (SSSR count). The van der Waals surface area contributed by atoms with Gasteiger partial charge in [0.05, 0.1) is 6.54 Å². The zero-order valence-corrected chi connectivity index (χ0v) is 15.9. The van der Waals surface area contributed by atoms with Crippen molar-refractivity contribution in [1.29, 1.82) is 0 Å². The molecule has 3 nitrogen and oxygen atoms in total. The molecule has 1 N–H and O–H groups in total. The Morgan fingerprint density at radius 3 is 2.38 bits per heavy atom. The number of para-hydroxylation sites is 1. The normalized spacial score (nSPS) is 10.9. The van der Waals surface area contributed by atoms with Crippen LogP contribution in [0.4, 0.5) is 5.69 Å². The molecule has 0 bridgehead atoms. The highest BCUT2D eigenvalue weighted by molar-refractivity contribution is 7.99. The van der Waals surface area contributed by atoms with Crippen LogP contribution in [0.5, 0.6) is 0 Å². The van der Waals surface area contributed by atoms with Crippen LogP contribution in [0, 0.1) is 13.8 Å². The van der Waals surface area contributed by atoms with Gasteiger partial charge in [0.15, 0.2) is 0 Å². The molecular formula is C19H23ClN2OS. The molecule has 128 valence electrons. The molecule has 0 heterocycles. The number of hydrogen-bond donors (Lipinski definition) is 1. The zero-order valence-electron chi connectivity index (χ0n) is 14.3. The molecule has 0 saturated heterocycles.